The molecule has 0 aliphatic rings. The van der Waals surface area contributed by atoms with Crippen LogP contribution in [0.3, 0.4) is 0 Å². The number of rotatable bonds is 4. The van der Waals surface area contributed by atoms with Crippen LogP contribution in [0, 0.1) is 0 Å². The number of para-hydroxylation sites is 1. The molecule has 0 N–H and O–H groups in total. The third kappa shape index (κ3) is 2.72. The molecular weight excluding hydrogens is 270 g/mol. The molecular formula is C16H15NS2. The standard InChI is InChI=1S/C16H15NS2/c1-2-19(12-13-8-4-3-5-9-13)16-17-14-10-6-7-11-15(14)18-16/h2-11,19H,1,12H2. The molecule has 96 valence electrons. The van der Waals surface area contributed by atoms with Crippen molar-refractivity contribution in [1.82, 2.24) is 4.98 Å². The largest absolute Gasteiger partial charge is 0.231 e. The van der Waals surface area contributed by atoms with Crippen LogP contribution in [-0.4, -0.2) is 4.98 Å². The smallest absolute Gasteiger partial charge is 0.135 e. The molecule has 0 saturated carbocycles. The van der Waals surface area contributed by atoms with Crippen molar-refractivity contribution in [2.45, 2.75) is 10.1 Å². The normalized spacial score (nSPS) is 13.4. The van der Waals surface area contributed by atoms with Crippen molar-refractivity contribution < 1.29 is 0 Å². The van der Waals surface area contributed by atoms with E-state index in [9.17, 15) is 0 Å². The molecule has 0 aliphatic heterocycles. The fourth-order valence-corrected chi connectivity index (χ4v) is 5.12. The molecule has 3 heteroatoms. The van der Waals surface area contributed by atoms with Crippen molar-refractivity contribution in [1.29, 1.82) is 0 Å². The molecule has 3 aromatic rings. The minimum absolute atomic E-state index is 0.405. The molecule has 0 fully saturated rings. The molecule has 1 aromatic heterocycles. The minimum atomic E-state index is -0.405. The number of thiazole rings is 1. The van der Waals surface area contributed by atoms with Crippen molar-refractivity contribution in [2.75, 3.05) is 0 Å². The van der Waals surface area contributed by atoms with Crippen molar-refractivity contribution in [3.05, 3.63) is 72.1 Å². The molecule has 0 saturated heterocycles. The van der Waals surface area contributed by atoms with Gasteiger partial charge in [0.25, 0.3) is 0 Å². The predicted octanol–water partition coefficient (Wildman–Crippen LogP) is 5.00. The number of thiol groups is 1. The maximum Gasteiger partial charge on any atom is 0.135 e. The molecule has 0 spiro atoms. The Morgan fingerprint density at radius 3 is 2.53 bits per heavy atom. The highest BCUT2D eigenvalue weighted by Crippen LogP contribution is 2.44. The highest BCUT2D eigenvalue weighted by atomic mass is 32.2. The lowest BCUT2D eigenvalue weighted by molar-refractivity contribution is 1.28. The van der Waals surface area contributed by atoms with Crippen LogP contribution in [0.15, 0.2) is 70.9 Å². The van der Waals surface area contributed by atoms with E-state index in [1.807, 2.05) is 6.07 Å². The second-order valence-electron chi connectivity index (χ2n) is 4.26. The fraction of sp³-hybridized carbons (Fsp3) is 0.0625. The number of nitrogens with zero attached hydrogens (tertiary/aromatic N) is 1. The van der Waals surface area contributed by atoms with E-state index in [4.69, 9.17) is 4.98 Å². The monoisotopic (exact) mass is 285 g/mol. The highest BCUT2D eigenvalue weighted by Gasteiger charge is 2.10. The van der Waals surface area contributed by atoms with Gasteiger partial charge in [-0.25, -0.2) is 4.98 Å². The second-order valence-corrected chi connectivity index (χ2v) is 7.64. The summed E-state index contributed by atoms with van der Waals surface area (Å²) in [4.78, 5) is 4.76. The van der Waals surface area contributed by atoms with Crippen LogP contribution < -0.4 is 0 Å². The lowest BCUT2D eigenvalue weighted by atomic mass is 10.2. The SMILES string of the molecule is C=C[SH](Cc1ccccc1)c1nc2ccccc2s1. The zero-order valence-electron chi connectivity index (χ0n) is 10.5. The van der Waals surface area contributed by atoms with Gasteiger partial charge in [-0.1, -0.05) is 54.5 Å². The summed E-state index contributed by atoms with van der Waals surface area (Å²) in [7, 11) is -0.405. The molecule has 0 aliphatic carbocycles. The van der Waals surface area contributed by atoms with Crippen molar-refractivity contribution in [2.24, 2.45) is 0 Å². The molecule has 3 rings (SSSR count). The van der Waals surface area contributed by atoms with Crippen LogP contribution in [0.2, 0.25) is 0 Å². The molecule has 19 heavy (non-hydrogen) atoms. The van der Waals surface area contributed by atoms with E-state index in [0.717, 1.165) is 11.3 Å². The van der Waals surface area contributed by atoms with Crippen LogP contribution in [0.25, 0.3) is 10.2 Å². The van der Waals surface area contributed by atoms with Crippen molar-refractivity contribution >= 4 is 32.4 Å². The molecule has 0 amide bonds. The molecule has 0 bridgehead atoms. The van der Waals surface area contributed by atoms with Gasteiger partial charge in [0.15, 0.2) is 0 Å². The van der Waals surface area contributed by atoms with Gasteiger partial charge in [-0.15, -0.1) is 11.3 Å². The van der Waals surface area contributed by atoms with E-state index in [0.29, 0.717) is 0 Å². The highest BCUT2D eigenvalue weighted by molar-refractivity contribution is 8.20. The topological polar surface area (TPSA) is 12.9 Å². The van der Waals surface area contributed by atoms with Crippen LogP contribution in [0.1, 0.15) is 5.56 Å². The Kier molecular flexibility index (Phi) is 3.67. The van der Waals surface area contributed by atoms with Gasteiger partial charge in [-0.2, -0.15) is 10.9 Å². The Bertz CT molecular complexity index is 655. The molecule has 1 atom stereocenters. The molecule has 1 unspecified atom stereocenters. The summed E-state index contributed by atoms with van der Waals surface area (Å²) in [5.41, 5.74) is 2.46. The van der Waals surface area contributed by atoms with Crippen LogP contribution >= 0.6 is 22.2 Å². The van der Waals surface area contributed by atoms with E-state index in [-0.39, 0.29) is 0 Å². The Morgan fingerprint density at radius 2 is 1.79 bits per heavy atom. The zero-order chi connectivity index (χ0) is 13.1. The lowest BCUT2D eigenvalue weighted by Gasteiger charge is -2.13. The summed E-state index contributed by atoms with van der Waals surface area (Å²) in [5.74, 6) is 1.03. The number of benzene rings is 2. The second kappa shape index (κ2) is 5.59. The van der Waals surface area contributed by atoms with Crippen molar-refractivity contribution in [3.63, 3.8) is 0 Å². The summed E-state index contributed by atoms with van der Waals surface area (Å²) < 4.78 is 2.48. The number of hydrogen-bond donors (Lipinski definition) is 1. The Morgan fingerprint density at radius 1 is 1.05 bits per heavy atom. The average molecular weight is 285 g/mol. The summed E-state index contributed by atoms with van der Waals surface area (Å²) in [6.45, 7) is 4.00. The van der Waals surface area contributed by atoms with E-state index < -0.39 is 10.9 Å². The van der Waals surface area contributed by atoms with Gasteiger partial charge < -0.3 is 0 Å². The number of aromatic nitrogens is 1. The molecule has 0 radical (unpaired) electrons. The predicted molar refractivity (Wildman–Crippen MR) is 87.2 cm³/mol. The maximum atomic E-state index is 4.76. The van der Waals surface area contributed by atoms with Gasteiger partial charge in [0, 0.05) is 5.75 Å². The van der Waals surface area contributed by atoms with E-state index in [1.54, 1.807) is 11.3 Å². The Hall–Kier alpha value is -1.58. The zero-order valence-corrected chi connectivity index (χ0v) is 12.2. The first-order valence-corrected chi connectivity index (χ1v) is 8.57. The van der Waals surface area contributed by atoms with Crippen molar-refractivity contribution in [3.8, 4) is 0 Å². The van der Waals surface area contributed by atoms with Gasteiger partial charge >= 0.3 is 0 Å². The van der Waals surface area contributed by atoms with E-state index >= 15 is 0 Å². The summed E-state index contributed by atoms with van der Waals surface area (Å²) >= 11 is 1.80. The molecule has 2 aromatic carbocycles. The first kappa shape index (κ1) is 12.5. The summed E-state index contributed by atoms with van der Waals surface area (Å²) in [6.07, 6.45) is 0. The lowest BCUT2D eigenvalue weighted by Crippen LogP contribution is -1.85. The first-order chi connectivity index (χ1) is 9.36. The van der Waals surface area contributed by atoms with Gasteiger partial charge in [-0.3, -0.25) is 0 Å². The fourth-order valence-electron chi connectivity index (χ4n) is 1.97. The molecule has 1 nitrogen and oxygen atoms in total. The number of hydrogen-bond acceptors (Lipinski definition) is 2. The third-order valence-electron chi connectivity index (χ3n) is 2.94. The minimum Gasteiger partial charge on any atom is -0.231 e. The van der Waals surface area contributed by atoms with Crippen LogP contribution in [-0.2, 0) is 5.75 Å². The van der Waals surface area contributed by atoms with Gasteiger partial charge in [0.05, 0.1) is 10.2 Å². The average Bonchev–Trinajstić information content (AvgIpc) is 2.89. The van der Waals surface area contributed by atoms with E-state index in [1.165, 1.54) is 14.6 Å². The van der Waals surface area contributed by atoms with E-state index in [2.05, 4.69) is 60.5 Å². The van der Waals surface area contributed by atoms with Crippen LogP contribution in [0.5, 0.6) is 0 Å². The third-order valence-corrected chi connectivity index (χ3v) is 6.50. The number of fused-ring (bicyclic) bond motifs is 1. The Balaban J connectivity index is 1.91. The quantitative estimate of drug-likeness (QED) is 0.666. The van der Waals surface area contributed by atoms with Crippen LogP contribution in [0.4, 0.5) is 0 Å². The van der Waals surface area contributed by atoms with Gasteiger partial charge in [0.2, 0.25) is 0 Å². The summed E-state index contributed by atoms with van der Waals surface area (Å²) in [6, 6.07) is 18.9. The molecule has 1 heterocycles. The Labute approximate surface area is 120 Å². The van der Waals surface area contributed by atoms with Gasteiger partial charge in [0.1, 0.15) is 4.34 Å². The first-order valence-electron chi connectivity index (χ1n) is 6.15. The maximum absolute atomic E-state index is 4.76. The van der Waals surface area contributed by atoms with Gasteiger partial charge in [-0.05, 0) is 17.7 Å². The summed E-state index contributed by atoms with van der Waals surface area (Å²) in [5, 5.41) is 2.07.